The van der Waals surface area contributed by atoms with Crippen LogP contribution in [0.3, 0.4) is 0 Å². The molecule has 194 valence electrons. The van der Waals surface area contributed by atoms with E-state index in [2.05, 4.69) is 18.4 Å². The Bertz CT molecular complexity index is 1570. The van der Waals surface area contributed by atoms with Gasteiger partial charge in [-0.15, -0.1) is 0 Å². The van der Waals surface area contributed by atoms with Gasteiger partial charge in [0.05, 0.1) is 24.1 Å². The lowest BCUT2D eigenvalue weighted by molar-refractivity contribution is 0.0988. The van der Waals surface area contributed by atoms with E-state index in [0.29, 0.717) is 32.5 Å². The fraction of sp³-hybridized carbons (Fsp3) is 0.200. The average molecular weight is 548 g/mol. The van der Waals surface area contributed by atoms with Crippen molar-refractivity contribution in [2.45, 2.75) is 32.9 Å². The van der Waals surface area contributed by atoms with Crippen molar-refractivity contribution in [1.29, 1.82) is 0 Å². The summed E-state index contributed by atoms with van der Waals surface area (Å²) < 4.78 is 7.78. The lowest BCUT2D eigenvalue weighted by atomic mass is 10.0. The number of nitrogens with two attached hydrogens (primary N) is 1. The number of halogens is 2. The van der Waals surface area contributed by atoms with Gasteiger partial charge in [0, 0.05) is 32.9 Å². The predicted molar refractivity (Wildman–Crippen MR) is 152 cm³/mol. The van der Waals surface area contributed by atoms with E-state index in [-0.39, 0.29) is 11.9 Å². The van der Waals surface area contributed by atoms with E-state index in [0.717, 1.165) is 28.2 Å². The minimum atomic E-state index is -0.540. The standard InChI is InChI=1S/C30H27Cl2N3O3/c1-16(2)34-25(22-13-19(29(33)36)8-12-26(22)38-4)15-23-28(34)27(18-6-10-20(31)11-7-18)35(30(23)37)24-14-21(32)9-5-17(24)3/h5-16,27H,1-4H3,(H2,33,36). The van der Waals surface area contributed by atoms with Crippen LogP contribution in [0.4, 0.5) is 5.69 Å². The van der Waals surface area contributed by atoms with Crippen LogP contribution in [0.25, 0.3) is 11.3 Å². The van der Waals surface area contributed by atoms with Crippen LogP contribution in [-0.2, 0) is 0 Å². The zero-order valence-electron chi connectivity index (χ0n) is 21.5. The van der Waals surface area contributed by atoms with Crippen molar-refractivity contribution in [3.63, 3.8) is 0 Å². The van der Waals surface area contributed by atoms with Gasteiger partial charge in [-0.25, -0.2) is 0 Å². The fourth-order valence-electron chi connectivity index (χ4n) is 5.23. The quantitative estimate of drug-likeness (QED) is 0.277. The summed E-state index contributed by atoms with van der Waals surface area (Å²) in [4.78, 5) is 28.0. The van der Waals surface area contributed by atoms with E-state index in [1.165, 1.54) is 0 Å². The van der Waals surface area contributed by atoms with Crippen molar-refractivity contribution in [2.75, 3.05) is 12.0 Å². The number of anilines is 1. The summed E-state index contributed by atoms with van der Waals surface area (Å²) in [6.07, 6.45) is 0. The smallest absolute Gasteiger partial charge is 0.261 e. The number of hydrogen-bond acceptors (Lipinski definition) is 3. The maximum absolute atomic E-state index is 14.2. The van der Waals surface area contributed by atoms with Crippen LogP contribution in [0.5, 0.6) is 5.75 Å². The normalized spacial score (nSPS) is 14.8. The molecule has 1 unspecified atom stereocenters. The van der Waals surface area contributed by atoms with Gasteiger partial charge in [-0.3, -0.25) is 14.5 Å². The van der Waals surface area contributed by atoms with Gasteiger partial charge in [0.25, 0.3) is 5.91 Å². The third-order valence-electron chi connectivity index (χ3n) is 6.94. The predicted octanol–water partition coefficient (Wildman–Crippen LogP) is 7.21. The van der Waals surface area contributed by atoms with E-state index in [9.17, 15) is 9.59 Å². The lowest BCUT2D eigenvalue weighted by Crippen LogP contribution is -2.30. The molecular formula is C30H27Cl2N3O3. The number of ether oxygens (including phenoxy) is 1. The highest BCUT2D eigenvalue weighted by Crippen LogP contribution is 2.48. The molecule has 1 aliphatic heterocycles. The molecule has 0 aliphatic carbocycles. The van der Waals surface area contributed by atoms with E-state index in [1.807, 2.05) is 55.5 Å². The maximum atomic E-state index is 14.2. The van der Waals surface area contributed by atoms with Gasteiger partial charge in [-0.05, 0) is 80.4 Å². The Balaban J connectivity index is 1.81. The van der Waals surface area contributed by atoms with E-state index >= 15 is 0 Å². The molecule has 6 nitrogen and oxygen atoms in total. The highest BCUT2D eigenvalue weighted by molar-refractivity contribution is 6.31. The topological polar surface area (TPSA) is 77.6 Å². The Morgan fingerprint density at radius 3 is 2.26 bits per heavy atom. The van der Waals surface area contributed by atoms with Crippen LogP contribution in [0.1, 0.15) is 63.5 Å². The molecule has 0 bridgehead atoms. The van der Waals surface area contributed by atoms with Crippen molar-refractivity contribution >= 4 is 40.7 Å². The Kier molecular flexibility index (Phi) is 6.72. The lowest BCUT2D eigenvalue weighted by Gasteiger charge is -2.30. The minimum absolute atomic E-state index is 0.0290. The molecule has 8 heteroatoms. The second kappa shape index (κ2) is 9.86. The summed E-state index contributed by atoms with van der Waals surface area (Å²) in [6, 6.07) is 19.6. The molecule has 4 aromatic rings. The maximum Gasteiger partial charge on any atom is 0.261 e. The monoisotopic (exact) mass is 547 g/mol. The number of methoxy groups -OCH3 is 1. The van der Waals surface area contributed by atoms with Crippen LogP contribution in [0.15, 0.2) is 66.7 Å². The van der Waals surface area contributed by atoms with Gasteiger partial charge in [0.2, 0.25) is 5.91 Å². The highest BCUT2D eigenvalue weighted by Gasteiger charge is 2.44. The summed E-state index contributed by atoms with van der Waals surface area (Å²) in [6.45, 7) is 6.08. The third-order valence-corrected chi connectivity index (χ3v) is 7.42. The molecule has 1 aromatic heterocycles. The first-order valence-corrected chi connectivity index (χ1v) is 13.0. The van der Waals surface area contributed by atoms with Gasteiger partial charge >= 0.3 is 0 Å². The van der Waals surface area contributed by atoms with E-state index in [1.54, 1.807) is 30.2 Å². The van der Waals surface area contributed by atoms with Crippen LogP contribution < -0.4 is 15.4 Å². The number of benzene rings is 3. The van der Waals surface area contributed by atoms with Crippen molar-refractivity contribution < 1.29 is 14.3 Å². The molecular weight excluding hydrogens is 521 g/mol. The van der Waals surface area contributed by atoms with E-state index in [4.69, 9.17) is 33.7 Å². The Hall–Kier alpha value is -3.74. The second-order valence-electron chi connectivity index (χ2n) is 9.63. The van der Waals surface area contributed by atoms with E-state index < -0.39 is 11.9 Å². The van der Waals surface area contributed by atoms with Crippen molar-refractivity contribution in [3.8, 4) is 17.0 Å². The Labute approximate surface area is 231 Å². The summed E-state index contributed by atoms with van der Waals surface area (Å²) in [5.41, 5.74) is 11.4. The number of carbonyl (C=O) groups is 2. The first-order chi connectivity index (χ1) is 18.1. The number of rotatable bonds is 6. The zero-order valence-corrected chi connectivity index (χ0v) is 23.0. The van der Waals surface area contributed by atoms with Crippen LogP contribution in [0, 0.1) is 6.92 Å². The molecule has 0 saturated heterocycles. The summed E-state index contributed by atoms with van der Waals surface area (Å²) >= 11 is 12.6. The molecule has 0 fully saturated rings. The van der Waals surface area contributed by atoms with Crippen LogP contribution in [0.2, 0.25) is 10.0 Å². The number of aryl methyl sites for hydroxylation is 1. The molecule has 1 aliphatic rings. The van der Waals surface area contributed by atoms with Crippen molar-refractivity contribution in [3.05, 3.63) is 105 Å². The van der Waals surface area contributed by atoms with Crippen molar-refractivity contribution in [1.82, 2.24) is 4.57 Å². The molecule has 0 spiro atoms. The van der Waals surface area contributed by atoms with Crippen molar-refractivity contribution in [2.24, 2.45) is 5.73 Å². The number of hydrogen-bond donors (Lipinski definition) is 1. The zero-order chi connectivity index (χ0) is 27.3. The number of carbonyl (C=O) groups excluding carboxylic acids is 2. The molecule has 5 rings (SSSR count). The number of primary amides is 1. The van der Waals surface area contributed by atoms with Crippen LogP contribution in [-0.4, -0.2) is 23.5 Å². The number of amides is 2. The number of nitrogens with zero attached hydrogens (tertiary/aromatic N) is 2. The first-order valence-electron chi connectivity index (χ1n) is 12.2. The molecule has 3 aromatic carbocycles. The fourth-order valence-corrected chi connectivity index (χ4v) is 5.52. The molecule has 2 amide bonds. The SMILES string of the molecule is COc1ccc(C(N)=O)cc1-c1cc2c(n1C(C)C)C(c1ccc(Cl)cc1)N(c1cc(Cl)ccc1C)C2=O. The average Bonchev–Trinajstić information content (AvgIpc) is 3.41. The highest BCUT2D eigenvalue weighted by atomic mass is 35.5. The molecule has 1 atom stereocenters. The molecule has 0 radical (unpaired) electrons. The summed E-state index contributed by atoms with van der Waals surface area (Å²) in [7, 11) is 1.57. The third kappa shape index (κ3) is 4.24. The molecule has 38 heavy (non-hydrogen) atoms. The van der Waals surface area contributed by atoms with Gasteiger partial charge in [0.15, 0.2) is 0 Å². The van der Waals surface area contributed by atoms with Crippen LogP contribution >= 0.6 is 23.2 Å². The summed E-state index contributed by atoms with van der Waals surface area (Å²) in [5, 5.41) is 1.15. The van der Waals surface area contributed by atoms with Gasteiger partial charge < -0.3 is 15.0 Å². The summed E-state index contributed by atoms with van der Waals surface area (Å²) in [5.74, 6) is -0.107. The van der Waals surface area contributed by atoms with Gasteiger partial charge in [-0.1, -0.05) is 41.4 Å². The Morgan fingerprint density at radius 2 is 1.63 bits per heavy atom. The number of aromatic nitrogens is 1. The van der Waals surface area contributed by atoms with Gasteiger partial charge in [0.1, 0.15) is 11.8 Å². The largest absolute Gasteiger partial charge is 0.496 e. The first kappa shape index (κ1) is 25.9. The Morgan fingerprint density at radius 1 is 0.947 bits per heavy atom. The minimum Gasteiger partial charge on any atom is -0.496 e. The number of fused-ring (bicyclic) bond motifs is 1. The molecule has 2 heterocycles. The molecule has 0 saturated carbocycles. The second-order valence-corrected chi connectivity index (χ2v) is 10.5. The molecule has 2 N–H and O–H groups in total. The van der Waals surface area contributed by atoms with Gasteiger partial charge in [-0.2, -0.15) is 0 Å².